The van der Waals surface area contributed by atoms with Crippen LogP contribution in [0.1, 0.15) is 18.9 Å². The number of nitrogens with one attached hydrogen (secondary N) is 1. The molecule has 0 saturated heterocycles. The molecule has 3 N–H and O–H groups in total. The fourth-order valence-electron chi connectivity index (χ4n) is 1.06. The topological polar surface area (TPSA) is 50.9 Å². The van der Waals surface area contributed by atoms with E-state index < -0.39 is 11.7 Å². The molecule has 0 aliphatic carbocycles. The fraction of sp³-hybridized carbons (Fsp3) is 0.444. The predicted molar refractivity (Wildman–Crippen MR) is 52.4 cm³/mol. The largest absolute Gasteiger partial charge is 0.416 e. The first-order valence-corrected chi connectivity index (χ1v) is 4.52. The van der Waals surface area contributed by atoms with Gasteiger partial charge < -0.3 is 11.1 Å². The number of anilines is 2. The zero-order valence-electron chi connectivity index (χ0n) is 8.23. The lowest BCUT2D eigenvalue weighted by Crippen LogP contribution is -2.10. The van der Waals surface area contributed by atoms with Crippen molar-refractivity contribution in [3.63, 3.8) is 0 Å². The van der Waals surface area contributed by atoms with Crippen LogP contribution < -0.4 is 11.1 Å². The quantitative estimate of drug-likeness (QED) is 0.821. The third kappa shape index (κ3) is 3.30. The molecule has 1 aromatic rings. The molecule has 0 aromatic carbocycles. The third-order valence-corrected chi connectivity index (χ3v) is 1.73. The van der Waals surface area contributed by atoms with E-state index in [4.69, 9.17) is 5.73 Å². The van der Waals surface area contributed by atoms with Crippen LogP contribution in [0.25, 0.3) is 0 Å². The maximum atomic E-state index is 12.4. The van der Waals surface area contributed by atoms with Gasteiger partial charge in [-0.15, -0.1) is 0 Å². The second-order valence-corrected chi connectivity index (χ2v) is 3.09. The molecule has 0 spiro atoms. The van der Waals surface area contributed by atoms with Crippen LogP contribution >= 0.6 is 0 Å². The Hall–Kier alpha value is -1.46. The summed E-state index contributed by atoms with van der Waals surface area (Å²) in [5.41, 5.74) is 4.49. The van der Waals surface area contributed by atoms with E-state index >= 15 is 0 Å². The molecule has 1 aromatic heterocycles. The Morgan fingerprint density at radius 1 is 1.40 bits per heavy atom. The zero-order valence-corrected chi connectivity index (χ0v) is 8.23. The van der Waals surface area contributed by atoms with Crippen LogP contribution in [-0.2, 0) is 6.18 Å². The number of aromatic nitrogens is 1. The van der Waals surface area contributed by atoms with Gasteiger partial charge >= 0.3 is 6.18 Å². The van der Waals surface area contributed by atoms with Crippen LogP contribution in [0, 0.1) is 0 Å². The van der Waals surface area contributed by atoms with E-state index in [2.05, 4.69) is 10.3 Å². The van der Waals surface area contributed by atoms with Gasteiger partial charge in [-0.25, -0.2) is 4.98 Å². The number of pyridine rings is 1. The number of rotatable bonds is 3. The second-order valence-electron chi connectivity index (χ2n) is 3.09. The summed E-state index contributed by atoms with van der Waals surface area (Å²) in [5, 5.41) is 2.76. The normalized spacial score (nSPS) is 11.5. The molecule has 0 saturated carbocycles. The average Bonchev–Trinajstić information content (AvgIpc) is 2.12. The second kappa shape index (κ2) is 4.37. The number of nitrogens with two attached hydrogens (primary N) is 1. The summed E-state index contributed by atoms with van der Waals surface area (Å²) in [4.78, 5) is 3.75. The van der Waals surface area contributed by atoms with Gasteiger partial charge in [-0.3, -0.25) is 0 Å². The molecule has 0 fully saturated rings. The monoisotopic (exact) mass is 219 g/mol. The Kier molecular flexibility index (Phi) is 3.39. The zero-order chi connectivity index (χ0) is 11.5. The van der Waals surface area contributed by atoms with E-state index in [9.17, 15) is 13.2 Å². The summed E-state index contributed by atoms with van der Waals surface area (Å²) in [6.07, 6.45) is -3.59. The molecule has 15 heavy (non-hydrogen) atoms. The predicted octanol–water partition coefficient (Wildman–Crippen LogP) is 2.50. The Morgan fingerprint density at radius 2 is 2.07 bits per heavy atom. The van der Waals surface area contributed by atoms with Gasteiger partial charge in [0.2, 0.25) is 0 Å². The summed E-state index contributed by atoms with van der Waals surface area (Å²) in [6.45, 7) is 2.47. The highest BCUT2D eigenvalue weighted by Crippen LogP contribution is 2.31. The van der Waals surface area contributed by atoms with E-state index in [-0.39, 0.29) is 11.6 Å². The van der Waals surface area contributed by atoms with E-state index in [0.29, 0.717) is 6.54 Å². The minimum atomic E-state index is -4.39. The highest BCUT2D eigenvalue weighted by Gasteiger charge is 2.31. The molecule has 0 bridgehead atoms. The smallest absolute Gasteiger partial charge is 0.384 e. The number of nitrogens with zero attached hydrogens (tertiary/aromatic N) is 1. The molecule has 3 nitrogen and oxygen atoms in total. The van der Waals surface area contributed by atoms with Gasteiger partial charge in [0.25, 0.3) is 0 Å². The lowest BCUT2D eigenvalue weighted by Gasteiger charge is -2.10. The summed E-state index contributed by atoms with van der Waals surface area (Å²) in [7, 11) is 0. The van der Waals surface area contributed by atoms with Crippen LogP contribution in [0.3, 0.4) is 0 Å². The van der Waals surface area contributed by atoms with Gasteiger partial charge in [0.15, 0.2) is 0 Å². The highest BCUT2D eigenvalue weighted by atomic mass is 19.4. The molecule has 0 amide bonds. The van der Waals surface area contributed by atoms with Crippen molar-refractivity contribution in [3.8, 4) is 0 Å². The van der Waals surface area contributed by atoms with E-state index in [1.54, 1.807) is 0 Å². The fourth-order valence-corrected chi connectivity index (χ4v) is 1.06. The van der Waals surface area contributed by atoms with Gasteiger partial charge in [0, 0.05) is 6.54 Å². The van der Waals surface area contributed by atoms with Crippen LogP contribution in [-0.4, -0.2) is 11.5 Å². The Labute approximate surface area is 85.5 Å². The molecular weight excluding hydrogens is 207 g/mol. The first kappa shape index (κ1) is 11.6. The van der Waals surface area contributed by atoms with Gasteiger partial charge in [-0.1, -0.05) is 6.92 Å². The maximum absolute atomic E-state index is 12.4. The maximum Gasteiger partial charge on any atom is 0.416 e. The van der Waals surface area contributed by atoms with Crippen LogP contribution in [0.4, 0.5) is 24.8 Å². The van der Waals surface area contributed by atoms with Crippen molar-refractivity contribution in [1.82, 2.24) is 4.98 Å². The molecule has 0 aliphatic rings. The van der Waals surface area contributed by atoms with Gasteiger partial charge in [-0.2, -0.15) is 13.2 Å². The molecule has 6 heteroatoms. The van der Waals surface area contributed by atoms with Crippen LogP contribution in [0.5, 0.6) is 0 Å². The van der Waals surface area contributed by atoms with Gasteiger partial charge in [-0.05, 0) is 18.6 Å². The number of alkyl halides is 3. The number of hydrogen-bond donors (Lipinski definition) is 2. The Bertz CT molecular complexity index is 336. The standard InChI is InChI=1S/C9H12F3N3/c1-2-3-14-8-5-6(9(10,11)12)4-7(13)15-8/h4-5H,2-3H2,1H3,(H3,13,14,15). The number of nitrogen functional groups attached to an aromatic ring is 1. The van der Waals surface area contributed by atoms with Crippen molar-refractivity contribution in [1.29, 1.82) is 0 Å². The van der Waals surface area contributed by atoms with Gasteiger partial charge in [0.1, 0.15) is 11.6 Å². The van der Waals surface area contributed by atoms with E-state index in [1.807, 2.05) is 6.92 Å². The van der Waals surface area contributed by atoms with Crippen molar-refractivity contribution < 1.29 is 13.2 Å². The molecule has 0 radical (unpaired) electrons. The summed E-state index contributed by atoms with van der Waals surface area (Å²) < 4.78 is 37.1. The molecule has 1 rings (SSSR count). The van der Waals surface area contributed by atoms with Crippen LogP contribution in [0.15, 0.2) is 12.1 Å². The highest BCUT2D eigenvalue weighted by molar-refractivity contribution is 5.47. The summed E-state index contributed by atoms with van der Waals surface area (Å²) in [6, 6.07) is 1.77. The minimum Gasteiger partial charge on any atom is -0.384 e. The van der Waals surface area contributed by atoms with Crippen molar-refractivity contribution in [2.45, 2.75) is 19.5 Å². The first-order chi connectivity index (χ1) is 6.93. The third-order valence-electron chi connectivity index (χ3n) is 1.73. The Morgan fingerprint density at radius 3 is 2.60 bits per heavy atom. The lowest BCUT2D eigenvalue weighted by atomic mass is 10.2. The van der Waals surface area contributed by atoms with Crippen molar-refractivity contribution in [3.05, 3.63) is 17.7 Å². The number of halogens is 3. The van der Waals surface area contributed by atoms with E-state index in [1.165, 1.54) is 0 Å². The summed E-state index contributed by atoms with van der Waals surface area (Å²) in [5.74, 6) is 0.0209. The van der Waals surface area contributed by atoms with Crippen LogP contribution in [0.2, 0.25) is 0 Å². The molecule has 84 valence electrons. The number of hydrogen-bond acceptors (Lipinski definition) is 3. The van der Waals surface area contributed by atoms with Gasteiger partial charge in [0.05, 0.1) is 5.56 Å². The molecule has 0 atom stereocenters. The van der Waals surface area contributed by atoms with Crippen molar-refractivity contribution in [2.24, 2.45) is 0 Å². The molecule has 1 heterocycles. The van der Waals surface area contributed by atoms with Crippen molar-refractivity contribution >= 4 is 11.6 Å². The lowest BCUT2D eigenvalue weighted by molar-refractivity contribution is -0.137. The summed E-state index contributed by atoms with van der Waals surface area (Å²) >= 11 is 0. The minimum absolute atomic E-state index is 0.136. The molecular formula is C9H12F3N3. The first-order valence-electron chi connectivity index (χ1n) is 4.52. The molecule has 0 aliphatic heterocycles. The average molecular weight is 219 g/mol. The van der Waals surface area contributed by atoms with E-state index in [0.717, 1.165) is 18.6 Å². The molecule has 0 unspecified atom stereocenters. The SMILES string of the molecule is CCCNc1cc(C(F)(F)F)cc(N)n1. The Balaban J connectivity index is 2.95. The van der Waals surface area contributed by atoms with Crippen molar-refractivity contribution in [2.75, 3.05) is 17.6 Å².